The van der Waals surface area contributed by atoms with Gasteiger partial charge >= 0.3 is 0 Å². The minimum absolute atomic E-state index is 0.0896. The highest BCUT2D eigenvalue weighted by Gasteiger charge is 2.25. The SMILES string of the molecule is CNC(=O)c1ccc(-c2ccc3nc(C4CCN(C#N)C4)[nH]c3c2)cc1. The molecule has 1 saturated heterocycles. The monoisotopic (exact) mass is 345 g/mol. The van der Waals surface area contributed by atoms with Crippen molar-refractivity contribution in [2.75, 3.05) is 20.1 Å². The number of hydrogen-bond acceptors (Lipinski definition) is 4. The molecule has 1 aliphatic heterocycles. The minimum Gasteiger partial charge on any atom is -0.355 e. The van der Waals surface area contributed by atoms with Crippen LogP contribution in [-0.2, 0) is 0 Å². The van der Waals surface area contributed by atoms with Crippen LogP contribution >= 0.6 is 0 Å². The van der Waals surface area contributed by atoms with Crippen LogP contribution < -0.4 is 5.32 Å². The third-order valence-corrected chi connectivity index (χ3v) is 4.92. The molecule has 0 bridgehead atoms. The topological polar surface area (TPSA) is 84.8 Å². The number of likely N-dealkylation sites (tertiary alicyclic amines) is 1. The van der Waals surface area contributed by atoms with Crippen LogP contribution in [0.5, 0.6) is 0 Å². The fourth-order valence-corrected chi connectivity index (χ4v) is 3.43. The van der Waals surface area contributed by atoms with E-state index in [1.54, 1.807) is 11.9 Å². The molecule has 0 radical (unpaired) electrons. The van der Waals surface area contributed by atoms with Crippen molar-refractivity contribution in [3.05, 3.63) is 53.9 Å². The molecule has 6 heteroatoms. The first-order valence-electron chi connectivity index (χ1n) is 8.65. The van der Waals surface area contributed by atoms with Crippen molar-refractivity contribution >= 4 is 16.9 Å². The van der Waals surface area contributed by atoms with Gasteiger partial charge in [-0.3, -0.25) is 4.79 Å². The maximum atomic E-state index is 11.7. The van der Waals surface area contributed by atoms with Crippen LogP contribution in [0.1, 0.15) is 28.5 Å². The van der Waals surface area contributed by atoms with Crippen LogP contribution in [0.25, 0.3) is 22.2 Å². The molecule has 2 aromatic carbocycles. The Labute approximate surface area is 151 Å². The number of rotatable bonds is 3. The Balaban J connectivity index is 1.62. The number of carbonyl (C=O) groups excluding carboxylic acids is 1. The van der Waals surface area contributed by atoms with E-state index in [4.69, 9.17) is 10.2 Å². The van der Waals surface area contributed by atoms with Gasteiger partial charge in [0.1, 0.15) is 5.82 Å². The minimum atomic E-state index is -0.0896. The Bertz CT molecular complexity index is 999. The predicted octanol–water partition coefficient (Wildman–Crippen LogP) is 2.86. The molecule has 1 atom stereocenters. The molecule has 1 fully saturated rings. The molecule has 6 nitrogen and oxygen atoms in total. The van der Waals surface area contributed by atoms with Crippen LogP contribution in [0.4, 0.5) is 0 Å². The highest BCUT2D eigenvalue weighted by molar-refractivity contribution is 5.94. The number of nitrogens with one attached hydrogen (secondary N) is 2. The summed E-state index contributed by atoms with van der Waals surface area (Å²) in [5, 5.41) is 11.6. The summed E-state index contributed by atoms with van der Waals surface area (Å²) in [5.74, 6) is 1.13. The van der Waals surface area contributed by atoms with E-state index in [-0.39, 0.29) is 11.8 Å². The third kappa shape index (κ3) is 2.88. The molecule has 0 aliphatic carbocycles. The number of carbonyl (C=O) groups is 1. The van der Waals surface area contributed by atoms with Crippen molar-refractivity contribution in [3.8, 4) is 17.3 Å². The maximum absolute atomic E-state index is 11.7. The lowest BCUT2D eigenvalue weighted by Gasteiger charge is -2.05. The second kappa shape index (κ2) is 6.52. The number of aromatic nitrogens is 2. The van der Waals surface area contributed by atoms with E-state index < -0.39 is 0 Å². The first-order valence-corrected chi connectivity index (χ1v) is 8.65. The van der Waals surface area contributed by atoms with Gasteiger partial charge in [0.25, 0.3) is 5.91 Å². The normalized spacial score (nSPS) is 16.6. The van der Waals surface area contributed by atoms with E-state index in [0.29, 0.717) is 5.56 Å². The summed E-state index contributed by atoms with van der Waals surface area (Å²) in [7, 11) is 1.63. The number of hydrogen-bond donors (Lipinski definition) is 2. The molecule has 2 N–H and O–H groups in total. The van der Waals surface area contributed by atoms with Crippen LogP contribution in [0.3, 0.4) is 0 Å². The Morgan fingerprint density at radius 1 is 1.27 bits per heavy atom. The lowest BCUT2D eigenvalue weighted by atomic mass is 10.0. The van der Waals surface area contributed by atoms with Gasteiger partial charge in [-0.2, -0.15) is 5.26 Å². The molecular weight excluding hydrogens is 326 g/mol. The van der Waals surface area contributed by atoms with E-state index in [9.17, 15) is 4.79 Å². The molecule has 1 aromatic heterocycles. The number of amides is 1. The van der Waals surface area contributed by atoms with Gasteiger partial charge in [0.15, 0.2) is 6.19 Å². The lowest BCUT2D eigenvalue weighted by molar-refractivity contribution is 0.0963. The van der Waals surface area contributed by atoms with Crippen molar-refractivity contribution in [1.82, 2.24) is 20.2 Å². The number of imidazole rings is 1. The molecule has 2 heterocycles. The van der Waals surface area contributed by atoms with Crippen LogP contribution in [0, 0.1) is 11.5 Å². The largest absolute Gasteiger partial charge is 0.355 e. The average molecular weight is 345 g/mol. The summed E-state index contributed by atoms with van der Waals surface area (Å²) in [5.41, 5.74) is 4.68. The Kier molecular flexibility index (Phi) is 4.05. The average Bonchev–Trinajstić information content (AvgIpc) is 3.33. The van der Waals surface area contributed by atoms with Gasteiger partial charge in [0, 0.05) is 31.6 Å². The number of fused-ring (bicyclic) bond motifs is 1. The van der Waals surface area contributed by atoms with Gasteiger partial charge in [0.2, 0.25) is 0 Å². The van der Waals surface area contributed by atoms with Gasteiger partial charge in [-0.25, -0.2) is 4.98 Å². The fourth-order valence-electron chi connectivity index (χ4n) is 3.43. The third-order valence-electron chi connectivity index (χ3n) is 4.92. The second-order valence-electron chi connectivity index (χ2n) is 6.54. The number of nitrogens with zero attached hydrogens (tertiary/aromatic N) is 3. The van der Waals surface area contributed by atoms with Crippen LogP contribution in [0.15, 0.2) is 42.5 Å². The number of H-pyrrole nitrogens is 1. The van der Waals surface area contributed by atoms with Crippen LogP contribution in [0.2, 0.25) is 0 Å². The van der Waals surface area contributed by atoms with Crippen molar-refractivity contribution in [2.45, 2.75) is 12.3 Å². The first kappa shape index (κ1) is 16.2. The molecule has 1 amide bonds. The standard InChI is InChI=1S/C20H19N5O/c1-22-20(26)14-4-2-13(3-5-14)15-6-7-17-18(10-15)24-19(23-17)16-8-9-25(11-16)12-21/h2-7,10,16H,8-9,11H2,1H3,(H,22,26)(H,23,24). The second-order valence-corrected chi connectivity index (χ2v) is 6.54. The van der Waals surface area contributed by atoms with Gasteiger partial charge in [-0.05, 0) is 41.8 Å². The van der Waals surface area contributed by atoms with Crippen LogP contribution in [-0.4, -0.2) is 40.9 Å². The maximum Gasteiger partial charge on any atom is 0.251 e. The molecule has 0 spiro atoms. The van der Waals surface area contributed by atoms with Gasteiger partial charge in [-0.15, -0.1) is 0 Å². The van der Waals surface area contributed by atoms with Crippen molar-refractivity contribution in [2.24, 2.45) is 0 Å². The zero-order chi connectivity index (χ0) is 18.1. The smallest absolute Gasteiger partial charge is 0.251 e. The summed E-state index contributed by atoms with van der Waals surface area (Å²) in [6.07, 6.45) is 3.15. The molecule has 3 aromatic rings. The number of nitriles is 1. The van der Waals surface area contributed by atoms with Crippen molar-refractivity contribution in [3.63, 3.8) is 0 Å². The van der Waals surface area contributed by atoms with E-state index in [1.807, 2.05) is 36.4 Å². The molecule has 1 aliphatic rings. The summed E-state index contributed by atoms with van der Waals surface area (Å²) in [6.45, 7) is 1.52. The number of aromatic amines is 1. The Morgan fingerprint density at radius 3 is 2.73 bits per heavy atom. The van der Waals surface area contributed by atoms with Gasteiger partial charge < -0.3 is 15.2 Å². The van der Waals surface area contributed by atoms with Crippen molar-refractivity contribution in [1.29, 1.82) is 5.26 Å². The van der Waals surface area contributed by atoms with Gasteiger partial charge in [0.05, 0.1) is 11.0 Å². The Morgan fingerprint density at radius 2 is 2.04 bits per heavy atom. The van der Waals surface area contributed by atoms with E-state index in [1.165, 1.54) is 0 Å². The predicted molar refractivity (Wildman–Crippen MR) is 99.5 cm³/mol. The molecule has 0 saturated carbocycles. The lowest BCUT2D eigenvalue weighted by Crippen LogP contribution is -2.17. The molecule has 4 rings (SSSR count). The summed E-state index contributed by atoms with van der Waals surface area (Å²) >= 11 is 0. The first-order chi connectivity index (χ1) is 12.7. The van der Waals surface area contributed by atoms with Crippen molar-refractivity contribution < 1.29 is 4.79 Å². The van der Waals surface area contributed by atoms with E-state index in [0.717, 1.165) is 47.5 Å². The van der Waals surface area contributed by atoms with Gasteiger partial charge in [-0.1, -0.05) is 18.2 Å². The summed E-state index contributed by atoms with van der Waals surface area (Å²) in [6, 6.07) is 13.7. The van der Waals surface area contributed by atoms with E-state index >= 15 is 0 Å². The molecule has 26 heavy (non-hydrogen) atoms. The quantitative estimate of drug-likeness (QED) is 0.715. The summed E-state index contributed by atoms with van der Waals surface area (Å²) in [4.78, 5) is 21.6. The summed E-state index contributed by atoms with van der Waals surface area (Å²) < 4.78 is 0. The molecular formula is C20H19N5O. The molecule has 130 valence electrons. The highest BCUT2D eigenvalue weighted by atomic mass is 16.1. The number of benzene rings is 2. The fraction of sp³-hybridized carbons (Fsp3) is 0.250. The van der Waals surface area contributed by atoms with E-state index in [2.05, 4.69) is 22.6 Å². The zero-order valence-electron chi connectivity index (χ0n) is 14.5. The zero-order valence-corrected chi connectivity index (χ0v) is 14.5. The highest BCUT2D eigenvalue weighted by Crippen LogP contribution is 2.29. The molecule has 1 unspecified atom stereocenters. The Hall–Kier alpha value is -3.33.